The Labute approximate surface area is 182 Å². The van der Waals surface area contributed by atoms with Crippen LogP contribution in [-0.4, -0.2) is 47.3 Å². The number of aryl methyl sites for hydroxylation is 1. The summed E-state index contributed by atoms with van der Waals surface area (Å²) in [6.07, 6.45) is 0. The number of carbonyl (C=O) groups is 1. The summed E-state index contributed by atoms with van der Waals surface area (Å²) in [4.78, 5) is 19.1. The third-order valence-electron chi connectivity index (χ3n) is 5.43. The van der Waals surface area contributed by atoms with E-state index in [2.05, 4.69) is 37.0 Å². The summed E-state index contributed by atoms with van der Waals surface area (Å²) in [7, 11) is 0. The van der Waals surface area contributed by atoms with Crippen LogP contribution < -0.4 is 4.74 Å². The van der Waals surface area contributed by atoms with Gasteiger partial charge in [0.15, 0.2) is 6.61 Å². The lowest BCUT2D eigenvalue weighted by molar-refractivity contribution is -0.143. The van der Waals surface area contributed by atoms with Crippen molar-refractivity contribution in [2.45, 2.75) is 32.7 Å². The molecule has 2 heterocycles. The molecule has 1 aliphatic heterocycles. The van der Waals surface area contributed by atoms with Crippen molar-refractivity contribution in [1.29, 1.82) is 0 Å². The Morgan fingerprint density at radius 2 is 2.03 bits per heavy atom. The first kappa shape index (κ1) is 21.1. The van der Waals surface area contributed by atoms with Crippen molar-refractivity contribution in [1.82, 2.24) is 15.0 Å². The number of morpholine rings is 1. The predicted molar refractivity (Wildman–Crippen MR) is 116 cm³/mol. The number of carbonyl (C=O) groups excluding carboxylic acids is 1. The predicted octanol–water partition coefficient (Wildman–Crippen LogP) is 4.15. The fourth-order valence-corrected chi connectivity index (χ4v) is 3.80. The summed E-state index contributed by atoms with van der Waals surface area (Å²) in [5.41, 5.74) is 3.29. The topological polar surface area (TPSA) is 77.7 Å². The van der Waals surface area contributed by atoms with E-state index in [1.807, 2.05) is 42.5 Å². The average molecular weight is 421 g/mol. The fourth-order valence-electron chi connectivity index (χ4n) is 3.80. The van der Waals surface area contributed by atoms with E-state index >= 15 is 0 Å². The molecule has 0 unspecified atom stereocenters. The molecule has 0 bridgehead atoms. The standard InChI is InChI=1S/C24H27N3O4/c1-16(2)20-10-9-19(13-17(20)3)30-15-22(28)27-11-12-29-14-21(27)24-25-23(26-31-24)18-7-5-4-6-8-18/h4-10,13,16,21H,11-12,14-15H2,1-3H3/t21-/m1/s1. The third-order valence-corrected chi connectivity index (χ3v) is 5.43. The molecule has 2 aromatic carbocycles. The van der Waals surface area contributed by atoms with Gasteiger partial charge in [-0.1, -0.05) is 55.4 Å². The molecule has 31 heavy (non-hydrogen) atoms. The molecule has 0 spiro atoms. The number of rotatable bonds is 6. The van der Waals surface area contributed by atoms with E-state index in [1.54, 1.807) is 4.90 Å². The van der Waals surface area contributed by atoms with Gasteiger partial charge in [0.2, 0.25) is 5.82 Å². The highest BCUT2D eigenvalue weighted by Gasteiger charge is 2.33. The van der Waals surface area contributed by atoms with Crippen LogP contribution in [0.25, 0.3) is 11.4 Å². The van der Waals surface area contributed by atoms with E-state index in [0.29, 0.717) is 43.1 Å². The second kappa shape index (κ2) is 9.31. The normalized spacial score (nSPS) is 16.5. The molecular formula is C24H27N3O4. The van der Waals surface area contributed by atoms with Gasteiger partial charge in [0.05, 0.1) is 13.2 Å². The maximum atomic E-state index is 12.9. The quantitative estimate of drug-likeness (QED) is 0.595. The van der Waals surface area contributed by atoms with Gasteiger partial charge in [-0.05, 0) is 36.1 Å². The lowest BCUT2D eigenvalue weighted by Crippen LogP contribution is -2.45. The molecule has 162 valence electrons. The molecule has 1 aromatic heterocycles. The molecule has 7 heteroatoms. The van der Waals surface area contributed by atoms with Crippen LogP contribution in [0.1, 0.15) is 42.8 Å². The van der Waals surface area contributed by atoms with Gasteiger partial charge in [0, 0.05) is 12.1 Å². The number of nitrogens with zero attached hydrogens (tertiary/aromatic N) is 3. The minimum absolute atomic E-state index is 0.0589. The molecule has 1 fully saturated rings. The summed E-state index contributed by atoms with van der Waals surface area (Å²) < 4.78 is 16.9. The Balaban J connectivity index is 1.44. The lowest BCUT2D eigenvalue weighted by atomic mass is 9.98. The Hall–Kier alpha value is -3.19. The molecule has 3 aromatic rings. The number of benzene rings is 2. The highest BCUT2D eigenvalue weighted by atomic mass is 16.5. The Morgan fingerprint density at radius 3 is 2.77 bits per heavy atom. The van der Waals surface area contributed by atoms with Crippen molar-refractivity contribution in [3.05, 3.63) is 65.5 Å². The molecule has 1 atom stereocenters. The molecule has 7 nitrogen and oxygen atoms in total. The molecule has 0 N–H and O–H groups in total. The number of hydrogen-bond acceptors (Lipinski definition) is 6. The molecule has 4 rings (SSSR count). The summed E-state index contributed by atoms with van der Waals surface area (Å²) >= 11 is 0. The van der Waals surface area contributed by atoms with Gasteiger partial charge in [-0.25, -0.2) is 0 Å². The van der Waals surface area contributed by atoms with Crippen molar-refractivity contribution in [3.8, 4) is 17.1 Å². The smallest absolute Gasteiger partial charge is 0.261 e. The SMILES string of the molecule is Cc1cc(OCC(=O)N2CCOC[C@@H]2c2nc(-c3ccccc3)no2)ccc1C(C)C. The van der Waals surface area contributed by atoms with E-state index in [4.69, 9.17) is 14.0 Å². The van der Waals surface area contributed by atoms with Gasteiger partial charge >= 0.3 is 0 Å². The first-order valence-corrected chi connectivity index (χ1v) is 10.5. The zero-order valence-corrected chi connectivity index (χ0v) is 18.1. The van der Waals surface area contributed by atoms with Crippen LogP contribution in [-0.2, 0) is 9.53 Å². The van der Waals surface area contributed by atoms with Crippen LogP contribution in [0.5, 0.6) is 5.75 Å². The van der Waals surface area contributed by atoms with Crippen molar-refractivity contribution in [2.75, 3.05) is 26.4 Å². The zero-order chi connectivity index (χ0) is 21.8. The van der Waals surface area contributed by atoms with E-state index < -0.39 is 6.04 Å². The molecule has 0 aliphatic carbocycles. The minimum atomic E-state index is -0.431. The summed E-state index contributed by atoms with van der Waals surface area (Å²) in [6, 6.07) is 15.1. The molecule has 1 aliphatic rings. The van der Waals surface area contributed by atoms with E-state index in [9.17, 15) is 4.79 Å². The van der Waals surface area contributed by atoms with Crippen molar-refractivity contribution in [2.24, 2.45) is 0 Å². The summed E-state index contributed by atoms with van der Waals surface area (Å²) in [6.45, 7) is 7.53. The molecule has 0 saturated carbocycles. The minimum Gasteiger partial charge on any atom is -0.484 e. The van der Waals surface area contributed by atoms with Crippen molar-refractivity contribution < 1.29 is 18.8 Å². The fraction of sp³-hybridized carbons (Fsp3) is 0.375. The Bertz CT molecular complexity index is 1030. The van der Waals surface area contributed by atoms with Gasteiger partial charge in [-0.2, -0.15) is 4.98 Å². The van der Waals surface area contributed by atoms with Gasteiger partial charge in [0.1, 0.15) is 11.8 Å². The molecule has 1 saturated heterocycles. The highest BCUT2D eigenvalue weighted by molar-refractivity contribution is 5.78. The largest absolute Gasteiger partial charge is 0.484 e. The van der Waals surface area contributed by atoms with Crippen LogP contribution in [0.15, 0.2) is 53.1 Å². The maximum absolute atomic E-state index is 12.9. The molecular weight excluding hydrogens is 394 g/mol. The van der Waals surface area contributed by atoms with Crippen molar-refractivity contribution >= 4 is 5.91 Å². The van der Waals surface area contributed by atoms with E-state index in [0.717, 1.165) is 11.1 Å². The first-order chi connectivity index (χ1) is 15.0. The van der Waals surface area contributed by atoms with Crippen LogP contribution in [0, 0.1) is 6.92 Å². The molecule has 1 amide bonds. The monoisotopic (exact) mass is 421 g/mol. The van der Waals surface area contributed by atoms with E-state index in [-0.39, 0.29) is 12.5 Å². The number of hydrogen-bond donors (Lipinski definition) is 0. The Morgan fingerprint density at radius 1 is 1.23 bits per heavy atom. The molecule has 0 radical (unpaired) electrons. The summed E-state index contributed by atoms with van der Waals surface area (Å²) in [5.74, 6) is 1.84. The lowest BCUT2D eigenvalue weighted by Gasteiger charge is -2.33. The number of aromatic nitrogens is 2. The van der Waals surface area contributed by atoms with Crippen molar-refractivity contribution in [3.63, 3.8) is 0 Å². The Kier molecular flexibility index (Phi) is 6.32. The van der Waals surface area contributed by atoms with Gasteiger partial charge in [-0.15, -0.1) is 0 Å². The van der Waals surface area contributed by atoms with Crippen LogP contribution >= 0.6 is 0 Å². The summed E-state index contributed by atoms with van der Waals surface area (Å²) in [5, 5.41) is 4.07. The van der Waals surface area contributed by atoms with Crippen LogP contribution in [0.3, 0.4) is 0 Å². The van der Waals surface area contributed by atoms with Crippen LogP contribution in [0.4, 0.5) is 0 Å². The average Bonchev–Trinajstić information content (AvgIpc) is 3.28. The van der Waals surface area contributed by atoms with Gasteiger partial charge in [0.25, 0.3) is 11.8 Å². The van der Waals surface area contributed by atoms with Gasteiger partial charge < -0.3 is 18.9 Å². The van der Waals surface area contributed by atoms with E-state index in [1.165, 1.54) is 5.56 Å². The second-order valence-electron chi connectivity index (χ2n) is 7.96. The highest BCUT2D eigenvalue weighted by Crippen LogP contribution is 2.27. The number of ether oxygens (including phenoxy) is 2. The number of amides is 1. The van der Waals surface area contributed by atoms with Crippen LogP contribution in [0.2, 0.25) is 0 Å². The third kappa shape index (κ3) is 4.77. The maximum Gasteiger partial charge on any atom is 0.261 e. The first-order valence-electron chi connectivity index (χ1n) is 10.5. The second-order valence-corrected chi connectivity index (χ2v) is 7.96. The van der Waals surface area contributed by atoms with Gasteiger partial charge in [-0.3, -0.25) is 4.79 Å². The zero-order valence-electron chi connectivity index (χ0n) is 18.1.